The van der Waals surface area contributed by atoms with Gasteiger partial charge in [0.1, 0.15) is 6.04 Å². The Morgan fingerprint density at radius 2 is 1.64 bits per heavy atom. The molecule has 0 spiro atoms. The van der Waals surface area contributed by atoms with Crippen molar-refractivity contribution < 1.29 is 29.1 Å². The molecule has 0 saturated carbocycles. The monoisotopic (exact) mass is 317 g/mol. The number of hydrogen-bond donors (Lipinski definition) is 6. The van der Waals surface area contributed by atoms with Crippen LogP contribution in [0.1, 0.15) is 19.3 Å². The fraction of sp³-hybridized carbons (Fsp3) is 0.545. The Labute approximate surface area is 125 Å². The summed E-state index contributed by atoms with van der Waals surface area (Å²) < 4.78 is 0. The van der Waals surface area contributed by atoms with Crippen LogP contribution in [0.25, 0.3) is 0 Å². The van der Waals surface area contributed by atoms with Gasteiger partial charge in [-0.2, -0.15) is 0 Å². The molecule has 0 fully saturated rings. The van der Waals surface area contributed by atoms with Gasteiger partial charge < -0.3 is 32.9 Å². The lowest BCUT2D eigenvalue weighted by atomic mass is 10.1. The Kier molecular flexibility index (Phi) is 8.15. The Balaban J connectivity index is 4.29. The normalized spacial score (nSPS) is 12.8. The fourth-order valence-electron chi connectivity index (χ4n) is 1.40. The van der Waals surface area contributed by atoms with E-state index in [1.165, 1.54) is 0 Å². The average molecular weight is 317 g/mol. The minimum atomic E-state index is -1.34. The highest BCUT2D eigenvalue weighted by Crippen LogP contribution is 1.97. The van der Waals surface area contributed by atoms with Crippen LogP contribution in [-0.2, 0) is 24.0 Å². The molecule has 0 heterocycles. The summed E-state index contributed by atoms with van der Waals surface area (Å²) in [6.45, 7) is -0.536. The number of carboxylic acids is 1. The van der Waals surface area contributed by atoms with Gasteiger partial charge in [-0.15, -0.1) is 0 Å². The van der Waals surface area contributed by atoms with E-state index in [9.17, 15) is 24.0 Å². The first-order valence-electron chi connectivity index (χ1n) is 6.25. The molecule has 0 aromatic heterocycles. The van der Waals surface area contributed by atoms with Gasteiger partial charge in [0.25, 0.3) is 0 Å². The maximum Gasteiger partial charge on any atom is 0.326 e. The van der Waals surface area contributed by atoms with Crippen molar-refractivity contribution in [2.45, 2.75) is 31.3 Å². The van der Waals surface area contributed by atoms with E-state index in [1.807, 2.05) is 0 Å². The summed E-state index contributed by atoms with van der Waals surface area (Å²) in [7, 11) is 0. The molecule has 0 rings (SSSR count). The first kappa shape index (κ1) is 19.3. The maximum atomic E-state index is 11.5. The molecular weight excluding hydrogens is 298 g/mol. The lowest BCUT2D eigenvalue weighted by Crippen LogP contribution is -2.49. The van der Waals surface area contributed by atoms with E-state index in [2.05, 4.69) is 10.6 Å². The highest BCUT2D eigenvalue weighted by molar-refractivity contribution is 5.91. The van der Waals surface area contributed by atoms with Gasteiger partial charge in [-0.25, -0.2) is 4.79 Å². The molecule has 0 aromatic rings. The van der Waals surface area contributed by atoms with E-state index in [0.717, 1.165) is 0 Å². The molecule has 124 valence electrons. The van der Waals surface area contributed by atoms with Crippen molar-refractivity contribution in [3.05, 3.63) is 0 Å². The SMILES string of the molecule is NC(=O)CCC(NC(=O)CNC(=O)C(N)CC(N)=O)C(=O)O. The number of carboxylic acid groups (broad SMARTS) is 1. The van der Waals surface area contributed by atoms with Crippen LogP contribution in [-0.4, -0.2) is 53.3 Å². The number of rotatable bonds is 10. The Hall–Kier alpha value is -2.69. The van der Waals surface area contributed by atoms with E-state index in [1.54, 1.807) is 0 Å². The van der Waals surface area contributed by atoms with Gasteiger partial charge in [-0.3, -0.25) is 19.2 Å². The molecule has 2 unspecified atom stereocenters. The number of amides is 4. The molecule has 0 radical (unpaired) electrons. The van der Waals surface area contributed by atoms with Gasteiger partial charge >= 0.3 is 5.97 Å². The van der Waals surface area contributed by atoms with Crippen molar-refractivity contribution in [1.29, 1.82) is 0 Å². The lowest BCUT2D eigenvalue weighted by Gasteiger charge is -2.15. The van der Waals surface area contributed by atoms with E-state index >= 15 is 0 Å². The van der Waals surface area contributed by atoms with E-state index in [-0.39, 0.29) is 19.3 Å². The molecule has 0 aliphatic rings. The molecule has 4 amide bonds. The molecule has 0 aromatic carbocycles. The van der Waals surface area contributed by atoms with Crippen LogP contribution in [0.3, 0.4) is 0 Å². The van der Waals surface area contributed by atoms with Crippen LogP contribution < -0.4 is 27.8 Å². The zero-order chi connectivity index (χ0) is 17.3. The summed E-state index contributed by atoms with van der Waals surface area (Å²) >= 11 is 0. The van der Waals surface area contributed by atoms with Crippen LogP contribution in [0.5, 0.6) is 0 Å². The number of carbonyl (C=O) groups excluding carboxylic acids is 4. The van der Waals surface area contributed by atoms with E-state index in [0.29, 0.717) is 0 Å². The van der Waals surface area contributed by atoms with Crippen LogP contribution in [0, 0.1) is 0 Å². The van der Waals surface area contributed by atoms with Crippen molar-refractivity contribution >= 4 is 29.6 Å². The molecule has 11 nitrogen and oxygen atoms in total. The summed E-state index contributed by atoms with van der Waals surface area (Å²) in [5.41, 5.74) is 15.1. The van der Waals surface area contributed by atoms with Crippen molar-refractivity contribution in [3.8, 4) is 0 Å². The number of aliphatic carboxylic acids is 1. The summed E-state index contributed by atoms with van der Waals surface area (Å²) in [6.07, 6.45) is -0.775. The Morgan fingerprint density at radius 3 is 2.09 bits per heavy atom. The van der Waals surface area contributed by atoms with Crippen LogP contribution >= 0.6 is 0 Å². The minimum Gasteiger partial charge on any atom is -0.480 e. The number of hydrogen-bond acceptors (Lipinski definition) is 6. The minimum absolute atomic E-state index is 0.175. The Morgan fingerprint density at radius 1 is 1.05 bits per heavy atom. The molecule has 0 bridgehead atoms. The molecule has 0 aliphatic carbocycles. The highest BCUT2D eigenvalue weighted by atomic mass is 16.4. The zero-order valence-electron chi connectivity index (χ0n) is 11.7. The van der Waals surface area contributed by atoms with Crippen LogP contribution in [0.4, 0.5) is 0 Å². The number of nitrogens with one attached hydrogen (secondary N) is 2. The summed E-state index contributed by atoms with van der Waals surface area (Å²) in [6, 6.07) is -2.51. The van der Waals surface area contributed by atoms with Crippen molar-refractivity contribution in [1.82, 2.24) is 10.6 Å². The molecule has 9 N–H and O–H groups in total. The predicted molar refractivity (Wildman–Crippen MR) is 72.8 cm³/mol. The lowest BCUT2D eigenvalue weighted by molar-refractivity contribution is -0.142. The summed E-state index contributed by atoms with van der Waals surface area (Å²) in [4.78, 5) is 55.0. The first-order valence-corrected chi connectivity index (χ1v) is 6.25. The molecule has 22 heavy (non-hydrogen) atoms. The molecule has 0 aliphatic heterocycles. The van der Waals surface area contributed by atoms with Crippen molar-refractivity contribution in [2.24, 2.45) is 17.2 Å². The van der Waals surface area contributed by atoms with Crippen molar-refractivity contribution in [3.63, 3.8) is 0 Å². The third-order valence-electron chi connectivity index (χ3n) is 2.49. The molecule has 0 saturated heterocycles. The van der Waals surface area contributed by atoms with Gasteiger partial charge in [0.2, 0.25) is 23.6 Å². The van der Waals surface area contributed by atoms with Gasteiger partial charge in [0.05, 0.1) is 19.0 Å². The third-order valence-corrected chi connectivity index (χ3v) is 2.49. The van der Waals surface area contributed by atoms with E-state index in [4.69, 9.17) is 22.3 Å². The smallest absolute Gasteiger partial charge is 0.326 e. The second-order valence-electron chi connectivity index (χ2n) is 4.46. The molecule has 11 heteroatoms. The largest absolute Gasteiger partial charge is 0.480 e. The third kappa shape index (κ3) is 8.47. The number of carbonyl (C=O) groups is 5. The highest BCUT2D eigenvalue weighted by Gasteiger charge is 2.21. The average Bonchev–Trinajstić information content (AvgIpc) is 2.39. The zero-order valence-corrected chi connectivity index (χ0v) is 11.7. The molecular formula is C11H19N5O6. The van der Waals surface area contributed by atoms with Crippen LogP contribution in [0.15, 0.2) is 0 Å². The van der Waals surface area contributed by atoms with Gasteiger partial charge in [-0.1, -0.05) is 0 Å². The summed E-state index contributed by atoms with van der Waals surface area (Å²) in [5, 5.41) is 13.1. The first-order chi connectivity index (χ1) is 10.1. The van der Waals surface area contributed by atoms with Crippen molar-refractivity contribution in [2.75, 3.05) is 6.54 Å². The summed E-state index contributed by atoms with van der Waals surface area (Å²) in [5.74, 6) is -4.39. The van der Waals surface area contributed by atoms with Crippen LogP contribution in [0.2, 0.25) is 0 Å². The van der Waals surface area contributed by atoms with Gasteiger partial charge in [0, 0.05) is 6.42 Å². The maximum absolute atomic E-state index is 11.5. The standard InChI is InChI=1S/C11H19N5O6/c12-5(3-8(14)18)10(20)15-4-9(19)16-6(11(21)22)1-2-7(13)17/h5-6H,1-4,12H2,(H2,13,17)(H2,14,18)(H,15,20)(H,16,19)(H,21,22). The van der Waals surface area contributed by atoms with Gasteiger partial charge in [0.15, 0.2) is 0 Å². The van der Waals surface area contributed by atoms with Gasteiger partial charge in [-0.05, 0) is 6.42 Å². The number of nitrogens with two attached hydrogens (primary N) is 3. The number of primary amides is 2. The second kappa shape index (κ2) is 9.28. The topological polar surface area (TPSA) is 208 Å². The molecule has 2 atom stereocenters. The predicted octanol–water partition coefficient (Wildman–Crippen LogP) is -3.86. The quantitative estimate of drug-likeness (QED) is 0.236. The van der Waals surface area contributed by atoms with E-state index < -0.39 is 48.2 Å². The fourth-order valence-corrected chi connectivity index (χ4v) is 1.40. The second-order valence-corrected chi connectivity index (χ2v) is 4.46. The Bertz CT molecular complexity index is 466.